The molecule has 162 valence electrons. The number of hydrogen-bond donors (Lipinski definition) is 1. The number of rotatable bonds is 8. The molecule has 0 aliphatic rings. The first kappa shape index (κ1) is 23.1. The highest BCUT2D eigenvalue weighted by molar-refractivity contribution is 7.99. The van der Waals surface area contributed by atoms with E-state index in [9.17, 15) is 17.6 Å². The number of thioether (sulfide) groups is 1. The molecule has 0 saturated carbocycles. The molecule has 0 aliphatic carbocycles. The average molecular weight is 479 g/mol. The van der Waals surface area contributed by atoms with Crippen molar-refractivity contribution in [2.24, 2.45) is 0 Å². The highest BCUT2D eigenvalue weighted by Gasteiger charge is 2.28. The van der Waals surface area contributed by atoms with Crippen LogP contribution < -0.4 is 9.62 Å². The first-order valence-corrected chi connectivity index (χ1v) is 12.2. The SMILES string of the molecule is CCSc1ccccc1NC(=O)CN(c1ccc(F)c(Cl)c1)S(=O)(=O)c1ccccc1. The maximum Gasteiger partial charge on any atom is 0.264 e. The Morgan fingerprint density at radius 1 is 1.06 bits per heavy atom. The molecule has 9 heteroatoms. The largest absolute Gasteiger partial charge is 0.323 e. The number of nitrogens with zero attached hydrogens (tertiary/aromatic N) is 1. The van der Waals surface area contributed by atoms with Gasteiger partial charge in [-0.25, -0.2) is 12.8 Å². The highest BCUT2D eigenvalue weighted by atomic mass is 35.5. The zero-order valence-corrected chi connectivity index (χ0v) is 19.0. The third-order valence-corrected chi connectivity index (χ3v) is 7.30. The van der Waals surface area contributed by atoms with Gasteiger partial charge in [0.25, 0.3) is 10.0 Å². The fraction of sp³-hybridized carbons (Fsp3) is 0.136. The lowest BCUT2D eigenvalue weighted by molar-refractivity contribution is -0.114. The summed E-state index contributed by atoms with van der Waals surface area (Å²) in [5, 5.41) is 2.53. The van der Waals surface area contributed by atoms with Crippen molar-refractivity contribution in [3.05, 3.63) is 83.6 Å². The van der Waals surface area contributed by atoms with E-state index in [2.05, 4.69) is 5.32 Å². The van der Waals surface area contributed by atoms with Crippen molar-refractivity contribution >= 4 is 50.7 Å². The topological polar surface area (TPSA) is 66.5 Å². The molecule has 1 N–H and O–H groups in total. The van der Waals surface area contributed by atoms with Gasteiger partial charge in [0.05, 0.1) is 21.3 Å². The third kappa shape index (κ3) is 5.58. The Labute approximate surface area is 190 Å². The van der Waals surface area contributed by atoms with Gasteiger partial charge in [0.2, 0.25) is 5.91 Å². The number of para-hydroxylation sites is 1. The van der Waals surface area contributed by atoms with Gasteiger partial charge in [-0.05, 0) is 48.2 Å². The number of hydrogen-bond acceptors (Lipinski definition) is 4. The molecule has 3 aromatic carbocycles. The van der Waals surface area contributed by atoms with Crippen LogP contribution in [0.1, 0.15) is 6.92 Å². The van der Waals surface area contributed by atoms with Gasteiger partial charge in [0.15, 0.2) is 0 Å². The lowest BCUT2D eigenvalue weighted by Gasteiger charge is -2.24. The van der Waals surface area contributed by atoms with Gasteiger partial charge in [0.1, 0.15) is 12.4 Å². The van der Waals surface area contributed by atoms with Gasteiger partial charge < -0.3 is 5.32 Å². The molecular formula is C22H20ClFN2O3S2. The van der Waals surface area contributed by atoms with Crippen molar-refractivity contribution in [3.63, 3.8) is 0 Å². The molecule has 0 radical (unpaired) electrons. The molecular weight excluding hydrogens is 459 g/mol. The molecule has 0 aliphatic heterocycles. The van der Waals surface area contributed by atoms with E-state index in [1.54, 1.807) is 42.1 Å². The van der Waals surface area contributed by atoms with Crippen LogP contribution in [0.25, 0.3) is 0 Å². The number of sulfonamides is 1. The highest BCUT2D eigenvalue weighted by Crippen LogP contribution is 2.29. The predicted molar refractivity (Wildman–Crippen MR) is 124 cm³/mol. The minimum atomic E-state index is -4.11. The second-order valence-corrected chi connectivity index (χ2v) is 9.98. The summed E-state index contributed by atoms with van der Waals surface area (Å²) in [6.07, 6.45) is 0. The Morgan fingerprint density at radius 2 is 1.74 bits per heavy atom. The molecule has 0 atom stereocenters. The van der Waals surface area contributed by atoms with E-state index in [-0.39, 0.29) is 15.6 Å². The summed E-state index contributed by atoms with van der Waals surface area (Å²) in [5.41, 5.74) is 0.676. The van der Waals surface area contributed by atoms with Crippen molar-refractivity contribution < 1.29 is 17.6 Å². The van der Waals surface area contributed by atoms with Gasteiger partial charge in [-0.2, -0.15) is 0 Å². The van der Waals surface area contributed by atoms with Crippen LogP contribution >= 0.6 is 23.4 Å². The van der Waals surface area contributed by atoms with Crippen molar-refractivity contribution in [1.29, 1.82) is 0 Å². The number of halogens is 2. The first-order chi connectivity index (χ1) is 14.8. The number of carbonyl (C=O) groups is 1. The Bertz CT molecular complexity index is 1170. The number of nitrogens with one attached hydrogen (secondary N) is 1. The Hall–Kier alpha value is -2.55. The second-order valence-electron chi connectivity index (χ2n) is 6.40. The monoisotopic (exact) mass is 478 g/mol. The van der Waals surface area contributed by atoms with Crippen LogP contribution in [0.3, 0.4) is 0 Å². The maximum atomic E-state index is 13.7. The molecule has 5 nitrogen and oxygen atoms in total. The van der Waals surface area contributed by atoms with E-state index < -0.39 is 28.3 Å². The predicted octanol–water partition coefficient (Wildman–Crippen LogP) is 5.43. The number of amides is 1. The van der Waals surface area contributed by atoms with Gasteiger partial charge in [-0.3, -0.25) is 9.10 Å². The van der Waals surface area contributed by atoms with Crippen LogP contribution in [0.5, 0.6) is 0 Å². The normalized spacial score (nSPS) is 11.2. The van der Waals surface area contributed by atoms with Crippen LogP contribution in [0.15, 0.2) is 82.6 Å². The quantitative estimate of drug-likeness (QED) is 0.439. The number of anilines is 2. The average Bonchev–Trinajstić information content (AvgIpc) is 2.76. The lowest BCUT2D eigenvalue weighted by atomic mass is 10.3. The summed E-state index contributed by atoms with van der Waals surface area (Å²) >= 11 is 7.44. The van der Waals surface area contributed by atoms with Crippen LogP contribution in [-0.2, 0) is 14.8 Å². The Balaban J connectivity index is 1.95. The molecule has 0 saturated heterocycles. The molecule has 0 heterocycles. The van der Waals surface area contributed by atoms with Gasteiger partial charge in [0, 0.05) is 4.90 Å². The smallest absolute Gasteiger partial charge is 0.264 e. The zero-order chi connectivity index (χ0) is 22.4. The standard InChI is InChI=1S/C22H20ClFN2O3S2/c1-2-30-21-11-7-6-10-20(21)25-22(27)15-26(16-12-13-19(24)18(23)14-16)31(28,29)17-8-4-3-5-9-17/h3-14H,2,15H2,1H3,(H,25,27). The summed E-state index contributed by atoms with van der Waals surface area (Å²) < 4.78 is 41.2. The summed E-state index contributed by atoms with van der Waals surface area (Å²) in [6, 6.07) is 18.5. The second kappa shape index (κ2) is 10.2. The van der Waals surface area contributed by atoms with Crippen LogP contribution in [0, 0.1) is 5.82 Å². The molecule has 0 fully saturated rings. The van der Waals surface area contributed by atoms with Crippen LogP contribution in [0.2, 0.25) is 5.02 Å². The van der Waals surface area contributed by atoms with Gasteiger partial charge in [-0.1, -0.05) is 48.9 Å². The van der Waals surface area contributed by atoms with E-state index in [1.807, 2.05) is 19.1 Å². The summed E-state index contributed by atoms with van der Waals surface area (Å²) in [7, 11) is -4.11. The van der Waals surface area contributed by atoms with Crippen LogP contribution in [-0.4, -0.2) is 26.6 Å². The molecule has 31 heavy (non-hydrogen) atoms. The Kier molecular flexibility index (Phi) is 7.59. The third-order valence-electron chi connectivity index (χ3n) is 4.27. The first-order valence-electron chi connectivity index (χ1n) is 9.37. The molecule has 1 amide bonds. The minimum Gasteiger partial charge on any atom is -0.323 e. The fourth-order valence-electron chi connectivity index (χ4n) is 2.85. The van der Waals surface area contributed by atoms with E-state index >= 15 is 0 Å². The maximum absolute atomic E-state index is 13.7. The lowest BCUT2D eigenvalue weighted by Crippen LogP contribution is -2.38. The number of carbonyl (C=O) groups excluding carboxylic acids is 1. The molecule has 0 aromatic heterocycles. The Morgan fingerprint density at radius 3 is 2.42 bits per heavy atom. The van der Waals surface area contributed by atoms with Crippen molar-refractivity contribution in [2.75, 3.05) is 21.9 Å². The molecule has 0 spiro atoms. The zero-order valence-electron chi connectivity index (χ0n) is 16.6. The molecule has 3 aromatic rings. The summed E-state index contributed by atoms with van der Waals surface area (Å²) in [5.74, 6) is -0.406. The van der Waals surface area contributed by atoms with E-state index in [4.69, 9.17) is 11.6 Å². The van der Waals surface area contributed by atoms with Crippen molar-refractivity contribution in [3.8, 4) is 0 Å². The molecule has 3 rings (SSSR count). The molecule has 0 bridgehead atoms. The fourth-order valence-corrected chi connectivity index (χ4v) is 5.22. The van der Waals surface area contributed by atoms with Crippen molar-refractivity contribution in [2.45, 2.75) is 16.7 Å². The van der Waals surface area contributed by atoms with E-state index in [0.717, 1.165) is 21.0 Å². The van der Waals surface area contributed by atoms with E-state index in [1.165, 1.54) is 24.3 Å². The molecule has 0 unspecified atom stereocenters. The van der Waals surface area contributed by atoms with Gasteiger partial charge in [-0.15, -0.1) is 11.8 Å². The minimum absolute atomic E-state index is 0.00480. The van der Waals surface area contributed by atoms with Crippen LogP contribution in [0.4, 0.5) is 15.8 Å². The summed E-state index contributed by atoms with van der Waals surface area (Å²) in [6.45, 7) is 1.49. The van der Waals surface area contributed by atoms with E-state index in [0.29, 0.717) is 5.69 Å². The summed E-state index contributed by atoms with van der Waals surface area (Å²) in [4.78, 5) is 13.7. The number of benzene rings is 3. The van der Waals surface area contributed by atoms with Gasteiger partial charge >= 0.3 is 0 Å². The van der Waals surface area contributed by atoms with Crippen molar-refractivity contribution in [1.82, 2.24) is 0 Å².